The van der Waals surface area contributed by atoms with E-state index in [9.17, 15) is 4.79 Å². The number of benzene rings is 1. The molecule has 118 valence electrons. The number of aryl methyl sites for hydroxylation is 1. The van der Waals surface area contributed by atoms with Gasteiger partial charge >= 0.3 is 0 Å². The number of ether oxygens (including phenoxy) is 1. The van der Waals surface area contributed by atoms with Gasteiger partial charge in [-0.05, 0) is 44.2 Å². The molecule has 1 aromatic carbocycles. The Morgan fingerprint density at radius 1 is 1.41 bits per heavy atom. The van der Waals surface area contributed by atoms with Gasteiger partial charge < -0.3 is 14.5 Å². The third-order valence-electron chi connectivity index (χ3n) is 4.34. The smallest absolute Gasteiger partial charge is 0.224 e. The lowest BCUT2D eigenvalue weighted by molar-refractivity contribution is -0.120. The summed E-state index contributed by atoms with van der Waals surface area (Å²) < 4.78 is 11.1. The molecule has 0 aliphatic carbocycles. The van der Waals surface area contributed by atoms with Crippen molar-refractivity contribution in [1.29, 1.82) is 0 Å². The molecule has 3 rings (SSSR count). The second kappa shape index (κ2) is 6.53. The number of nitrogens with one attached hydrogen (secondary N) is 1. The summed E-state index contributed by atoms with van der Waals surface area (Å²) in [4.78, 5) is 12.2. The third kappa shape index (κ3) is 3.50. The average Bonchev–Trinajstić information content (AvgIpc) is 2.87. The zero-order valence-corrected chi connectivity index (χ0v) is 13.2. The largest absolute Gasteiger partial charge is 0.464 e. The van der Waals surface area contributed by atoms with Crippen LogP contribution in [0.15, 0.2) is 28.9 Å². The predicted octanol–water partition coefficient (Wildman–Crippen LogP) is 3.22. The lowest BCUT2D eigenvalue weighted by Gasteiger charge is -2.27. The van der Waals surface area contributed by atoms with Gasteiger partial charge in [-0.15, -0.1) is 0 Å². The maximum absolute atomic E-state index is 12.2. The molecule has 22 heavy (non-hydrogen) atoms. The molecule has 0 bridgehead atoms. The molecule has 2 heterocycles. The molecule has 1 amide bonds. The van der Waals surface area contributed by atoms with Crippen LogP contribution in [0.5, 0.6) is 0 Å². The van der Waals surface area contributed by atoms with E-state index in [1.165, 1.54) is 0 Å². The summed E-state index contributed by atoms with van der Waals surface area (Å²) in [6.07, 6.45) is 4.42. The first-order chi connectivity index (χ1) is 10.6. The molecule has 2 unspecified atom stereocenters. The van der Waals surface area contributed by atoms with E-state index < -0.39 is 0 Å². The molecule has 1 N–H and O–H groups in total. The molecule has 0 saturated carbocycles. The Balaban J connectivity index is 1.56. The zero-order valence-electron chi connectivity index (χ0n) is 13.2. The van der Waals surface area contributed by atoms with Gasteiger partial charge in [0.05, 0.1) is 18.8 Å². The van der Waals surface area contributed by atoms with Crippen molar-refractivity contribution in [3.05, 3.63) is 35.6 Å². The first kappa shape index (κ1) is 15.1. The standard InChI is InChI=1S/C18H23NO3/c1-12-3-4-16-15(11-22-17(16)7-12)9-18(20)19-10-14-5-6-21-13(2)8-14/h3-4,7,11,13-14H,5-6,8-10H2,1-2H3,(H,19,20). The van der Waals surface area contributed by atoms with Crippen LogP contribution in [-0.4, -0.2) is 25.2 Å². The van der Waals surface area contributed by atoms with E-state index in [-0.39, 0.29) is 5.91 Å². The van der Waals surface area contributed by atoms with E-state index >= 15 is 0 Å². The molecule has 0 radical (unpaired) electrons. The lowest BCUT2D eigenvalue weighted by Crippen LogP contribution is -2.34. The Labute approximate surface area is 130 Å². The second-order valence-corrected chi connectivity index (χ2v) is 6.31. The molecule has 2 aromatic rings. The fourth-order valence-electron chi connectivity index (χ4n) is 3.10. The SMILES string of the molecule is Cc1ccc2c(CC(=O)NCC3CCOC(C)C3)coc2c1. The van der Waals surface area contributed by atoms with Crippen molar-refractivity contribution in [1.82, 2.24) is 5.32 Å². The normalized spacial score (nSPS) is 21.9. The maximum Gasteiger partial charge on any atom is 0.224 e. The highest BCUT2D eigenvalue weighted by atomic mass is 16.5. The highest BCUT2D eigenvalue weighted by Crippen LogP contribution is 2.23. The van der Waals surface area contributed by atoms with Crippen LogP contribution in [0.3, 0.4) is 0 Å². The van der Waals surface area contributed by atoms with Gasteiger partial charge in [-0.3, -0.25) is 4.79 Å². The maximum atomic E-state index is 12.2. The van der Waals surface area contributed by atoms with Crippen molar-refractivity contribution >= 4 is 16.9 Å². The monoisotopic (exact) mass is 301 g/mol. The van der Waals surface area contributed by atoms with Gasteiger partial charge in [0.2, 0.25) is 5.91 Å². The van der Waals surface area contributed by atoms with Gasteiger partial charge in [0.25, 0.3) is 0 Å². The molecule has 4 heteroatoms. The molecular formula is C18H23NO3. The number of hydrogen-bond acceptors (Lipinski definition) is 3. The van der Waals surface area contributed by atoms with Crippen LogP contribution in [0.1, 0.15) is 30.9 Å². The van der Waals surface area contributed by atoms with Crippen LogP contribution in [0, 0.1) is 12.8 Å². The van der Waals surface area contributed by atoms with Gasteiger partial charge in [-0.2, -0.15) is 0 Å². The summed E-state index contributed by atoms with van der Waals surface area (Å²) in [6, 6.07) is 6.07. The van der Waals surface area contributed by atoms with Crippen LogP contribution in [0.4, 0.5) is 0 Å². The fraction of sp³-hybridized carbons (Fsp3) is 0.500. The number of amides is 1. The van der Waals surface area contributed by atoms with Crippen LogP contribution < -0.4 is 5.32 Å². The molecule has 4 nitrogen and oxygen atoms in total. The number of rotatable bonds is 4. The summed E-state index contributed by atoms with van der Waals surface area (Å²) in [6.45, 7) is 5.66. The molecule has 2 atom stereocenters. The fourth-order valence-corrected chi connectivity index (χ4v) is 3.10. The number of hydrogen-bond donors (Lipinski definition) is 1. The van der Waals surface area contributed by atoms with Crippen molar-refractivity contribution in [2.45, 2.75) is 39.2 Å². The minimum absolute atomic E-state index is 0.0578. The molecule has 0 spiro atoms. The Bertz CT molecular complexity index is 661. The van der Waals surface area contributed by atoms with E-state index in [0.29, 0.717) is 18.4 Å². The molecular weight excluding hydrogens is 278 g/mol. The topological polar surface area (TPSA) is 51.5 Å². The minimum atomic E-state index is 0.0578. The van der Waals surface area contributed by atoms with Crippen molar-refractivity contribution in [3.63, 3.8) is 0 Å². The molecule has 1 saturated heterocycles. The van der Waals surface area contributed by atoms with Gasteiger partial charge in [-0.25, -0.2) is 0 Å². The van der Waals surface area contributed by atoms with Crippen LogP contribution in [0.25, 0.3) is 11.0 Å². The summed E-state index contributed by atoms with van der Waals surface area (Å²) in [5, 5.41) is 4.08. The summed E-state index contributed by atoms with van der Waals surface area (Å²) in [5.41, 5.74) is 2.96. The predicted molar refractivity (Wildman–Crippen MR) is 85.8 cm³/mol. The minimum Gasteiger partial charge on any atom is -0.464 e. The summed E-state index contributed by atoms with van der Waals surface area (Å²) >= 11 is 0. The molecule has 1 aromatic heterocycles. The van der Waals surface area contributed by atoms with Gasteiger partial charge in [0, 0.05) is 24.1 Å². The molecule has 1 aliphatic rings. The highest BCUT2D eigenvalue weighted by molar-refractivity contribution is 5.87. The first-order valence-corrected chi connectivity index (χ1v) is 7.97. The molecule has 1 fully saturated rings. The van der Waals surface area contributed by atoms with Crippen molar-refractivity contribution < 1.29 is 13.9 Å². The summed E-state index contributed by atoms with van der Waals surface area (Å²) in [7, 11) is 0. The van der Waals surface area contributed by atoms with Crippen LogP contribution in [0.2, 0.25) is 0 Å². The summed E-state index contributed by atoms with van der Waals surface area (Å²) in [5.74, 6) is 0.582. The van der Waals surface area contributed by atoms with Gasteiger partial charge in [-0.1, -0.05) is 12.1 Å². The number of carbonyl (C=O) groups excluding carboxylic acids is 1. The van der Waals surface area contributed by atoms with E-state index in [1.807, 2.05) is 25.1 Å². The Kier molecular flexibility index (Phi) is 4.48. The number of fused-ring (bicyclic) bond motifs is 1. The van der Waals surface area contributed by atoms with Crippen molar-refractivity contribution in [2.75, 3.05) is 13.2 Å². The third-order valence-corrected chi connectivity index (χ3v) is 4.34. The van der Waals surface area contributed by atoms with E-state index in [4.69, 9.17) is 9.15 Å². The number of carbonyl (C=O) groups is 1. The van der Waals surface area contributed by atoms with E-state index in [2.05, 4.69) is 12.2 Å². The highest BCUT2D eigenvalue weighted by Gasteiger charge is 2.20. The molecule has 1 aliphatic heterocycles. The Morgan fingerprint density at radius 2 is 2.27 bits per heavy atom. The van der Waals surface area contributed by atoms with Gasteiger partial charge in [0.1, 0.15) is 5.58 Å². The quantitative estimate of drug-likeness (QED) is 0.943. The van der Waals surface area contributed by atoms with Crippen LogP contribution in [-0.2, 0) is 16.0 Å². The lowest BCUT2D eigenvalue weighted by atomic mass is 9.96. The van der Waals surface area contributed by atoms with Crippen molar-refractivity contribution in [2.24, 2.45) is 5.92 Å². The van der Waals surface area contributed by atoms with E-state index in [0.717, 1.165) is 48.1 Å². The Hall–Kier alpha value is -1.81. The second-order valence-electron chi connectivity index (χ2n) is 6.31. The van der Waals surface area contributed by atoms with Crippen LogP contribution >= 0.6 is 0 Å². The average molecular weight is 301 g/mol. The number of furan rings is 1. The Morgan fingerprint density at radius 3 is 3.09 bits per heavy atom. The zero-order chi connectivity index (χ0) is 15.5. The van der Waals surface area contributed by atoms with Gasteiger partial charge in [0.15, 0.2) is 0 Å². The van der Waals surface area contributed by atoms with E-state index in [1.54, 1.807) is 6.26 Å². The van der Waals surface area contributed by atoms with Crippen molar-refractivity contribution in [3.8, 4) is 0 Å². The first-order valence-electron chi connectivity index (χ1n) is 7.97.